The smallest absolute Gasteiger partial charge is 0.327 e. The third-order valence-electron chi connectivity index (χ3n) is 7.61. The minimum Gasteiger partial charge on any atom is -0.389 e. The third kappa shape index (κ3) is 5.16. The highest BCUT2D eigenvalue weighted by Gasteiger charge is 2.51. The Morgan fingerprint density at radius 2 is 1.62 bits per heavy atom. The van der Waals surface area contributed by atoms with E-state index in [9.17, 15) is 24.3 Å². The summed E-state index contributed by atoms with van der Waals surface area (Å²) in [5.41, 5.74) is -0.998. The SMILES string of the molecule is C.CN1C(=O)N(CC(C(=O)CO)[C@H](CC2CCCC2)C(=O)N2CCCCC2)C(=O)C1(C)C. The Labute approximate surface area is 192 Å². The molecule has 2 heterocycles. The minimum absolute atomic E-state index is 0. The summed E-state index contributed by atoms with van der Waals surface area (Å²) in [4.78, 5) is 56.5. The van der Waals surface area contributed by atoms with Crippen LogP contribution in [0.2, 0.25) is 0 Å². The molecule has 1 saturated carbocycles. The molecule has 4 amide bonds. The number of nitrogens with zero attached hydrogens (tertiary/aromatic N) is 3. The number of hydrogen-bond donors (Lipinski definition) is 1. The molecule has 2 saturated heterocycles. The van der Waals surface area contributed by atoms with E-state index < -0.39 is 35.8 Å². The lowest BCUT2D eigenvalue weighted by atomic mass is 9.79. The average Bonchev–Trinajstić information content (AvgIpc) is 3.34. The van der Waals surface area contributed by atoms with E-state index >= 15 is 0 Å². The summed E-state index contributed by atoms with van der Waals surface area (Å²) < 4.78 is 0. The van der Waals surface area contributed by atoms with Crippen molar-refractivity contribution in [3.8, 4) is 0 Å². The van der Waals surface area contributed by atoms with E-state index in [0.717, 1.165) is 49.8 Å². The number of piperidine rings is 1. The molecule has 0 spiro atoms. The largest absolute Gasteiger partial charge is 0.389 e. The average molecular weight is 452 g/mol. The number of urea groups is 1. The second-order valence-electron chi connectivity index (χ2n) is 9.93. The molecule has 0 radical (unpaired) electrons. The molecule has 1 aliphatic carbocycles. The van der Waals surface area contributed by atoms with Gasteiger partial charge in [-0.05, 0) is 45.4 Å². The summed E-state index contributed by atoms with van der Waals surface area (Å²) in [6, 6.07) is -0.462. The maximum Gasteiger partial charge on any atom is 0.327 e. The van der Waals surface area contributed by atoms with Gasteiger partial charge in [0.05, 0.1) is 0 Å². The van der Waals surface area contributed by atoms with Crippen LogP contribution < -0.4 is 0 Å². The standard InChI is InChI=1S/C23H37N3O5.CH4/c1-23(2)21(30)26(22(31)24(23)3)14-18(19(28)15-27)17(13-16-9-5-6-10-16)20(29)25-11-7-4-8-12-25;/h16-18,27H,4-15H2,1-3H3;1H4/t17-,18?;/m0./s1. The van der Waals surface area contributed by atoms with Crippen molar-refractivity contribution >= 4 is 23.6 Å². The monoisotopic (exact) mass is 451 g/mol. The topological polar surface area (TPSA) is 98.2 Å². The number of amides is 4. The second kappa shape index (κ2) is 10.8. The van der Waals surface area contributed by atoms with E-state index in [1.165, 1.54) is 4.90 Å². The van der Waals surface area contributed by atoms with Gasteiger partial charge < -0.3 is 14.9 Å². The van der Waals surface area contributed by atoms with E-state index in [4.69, 9.17) is 0 Å². The molecule has 2 atom stereocenters. The first-order valence-corrected chi connectivity index (χ1v) is 11.7. The number of Topliss-reactive ketones (excluding diaryl/α,β-unsaturated/α-hetero) is 1. The van der Waals surface area contributed by atoms with Gasteiger partial charge >= 0.3 is 6.03 Å². The Morgan fingerprint density at radius 3 is 2.12 bits per heavy atom. The first kappa shape index (κ1) is 26.3. The van der Waals surface area contributed by atoms with Crippen LogP contribution in [-0.4, -0.2) is 82.3 Å². The summed E-state index contributed by atoms with van der Waals surface area (Å²) in [7, 11) is 1.57. The van der Waals surface area contributed by atoms with Gasteiger partial charge in [0, 0.05) is 38.5 Å². The van der Waals surface area contributed by atoms with Crippen LogP contribution in [0.5, 0.6) is 0 Å². The number of aliphatic hydroxyl groups excluding tert-OH is 1. The number of carbonyl (C=O) groups is 4. The van der Waals surface area contributed by atoms with Crippen LogP contribution >= 0.6 is 0 Å². The van der Waals surface area contributed by atoms with E-state index in [0.29, 0.717) is 25.4 Å². The fourth-order valence-corrected chi connectivity index (χ4v) is 5.30. The molecule has 1 unspecified atom stereocenters. The quantitative estimate of drug-likeness (QED) is 0.572. The Hall–Kier alpha value is -1.96. The molecular formula is C24H41N3O5. The molecule has 3 fully saturated rings. The maximum atomic E-state index is 13.6. The summed E-state index contributed by atoms with van der Waals surface area (Å²) in [6.45, 7) is 3.85. The highest BCUT2D eigenvalue weighted by Crippen LogP contribution is 2.36. The fraction of sp³-hybridized carbons (Fsp3) is 0.833. The molecule has 1 N–H and O–H groups in total. The molecule has 8 nitrogen and oxygen atoms in total. The lowest BCUT2D eigenvalue weighted by molar-refractivity contribution is -0.145. The number of aliphatic hydroxyl groups is 1. The molecule has 2 aliphatic heterocycles. The molecule has 3 rings (SSSR count). The van der Waals surface area contributed by atoms with Gasteiger partial charge in [0.1, 0.15) is 12.1 Å². The zero-order valence-electron chi connectivity index (χ0n) is 19.1. The number of likely N-dealkylation sites (N-methyl/N-ethyl adjacent to an activating group) is 1. The first-order valence-electron chi connectivity index (χ1n) is 11.7. The van der Waals surface area contributed by atoms with Gasteiger partial charge in [-0.15, -0.1) is 0 Å². The Bertz CT molecular complexity index is 710. The van der Waals surface area contributed by atoms with Crippen LogP contribution in [0, 0.1) is 17.8 Å². The zero-order valence-corrected chi connectivity index (χ0v) is 19.1. The molecule has 0 bridgehead atoms. The molecule has 0 aromatic rings. The van der Waals surface area contributed by atoms with Crippen molar-refractivity contribution in [3.63, 3.8) is 0 Å². The van der Waals surface area contributed by atoms with Crippen molar-refractivity contribution < 1.29 is 24.3 Å². The first-order chi connectivity index (χ1) is 14.7. The molecule has 32 heavy (non-hydrogen) atoms. The van der Waals surface area contributed by atoms with Crippen LogP contribution in [0.15, 0.2) is 0 Å². The van der Waals surface area contributed by atoms with Crippen molar-refractivity contribution in [2.24, 2.45) is 17.8 Å². The second-order valence-corrected chi connectivity index (χ2v) is 9.93. The van der Waals surface area contributed by atoms with Crippen molar-refractivity contribution in [2.75, 3.05) is 33.3 Å². The number of carbonyl (C=O) groups excluding carboxylic acids is 4. The molecule has 0 aromatic carbocycles. The summed E-state index contributed by atoms with van der Waals surface area (Å²) in [6.07, 6.45) is 7.86. The summed E-state index contributed by atoms with van der Waals surface area (Å²) in [5.74, 6) is -2.05. The van der Waals surface area contributed by atoms with Gasteiger partial charge in [0.15, 0.2) is 5.78 Å². The van der Waals surface area contributed by atoms with Crippen molar-refractivity contribution in [1.29, 1.82) is 0 Å². The zero-order chi connectivity index (χ0) is 22.8. The van der Waals surface area contributed by atoms with Crippen LogP contribution in [-0.2, 0) is 14.4 Å². The predicted molar refractivity (Wildman–Crippen MR) is 122 cm³/mol. The number of imide groups is 1. The lowest BCUT2D eigenvalue weighted by Gasteiger charge is -2.35. The van der Waals surface area contributed by atoms with Crippen molar-refractivity contribution in [3.05, 3.63) is 0 Å². The molecule has 0 aromatic heterocycles. The molecular weight excluding hydrogens is 410 g/mol. The summed E-state index contributed by atoms with van der Waals surface area (Å²) >= 11 is 0. The maximum absolute atomic E-state index is 13.6. The minimum atomic E-state index is -0.998. The Morgan fingerprint density at radius 1 is 1.03 bits per heavy atom. The fourth-order valence-electron chi connectivity index (χ4n) is 5.30. The van der Waals surface area contributed by atoms with E-state index in [1.54, 1.807) is 20.9 Å². The molecule has 182 valence electrons. The van der Waals surface area contributed by atoms with Crippen LogP contribution in [0.4, 0.5) is 4.79 Å². The van der Waals surface area contributed by atoms with E-state index in [-0.39, 0.29) is 25.8 Å². The van der Waals surface area contributed by atoms with Gasteiger partial charge in [-0.1, -0.05) is 33.1 Å². The van der Waals surface area contributed by atoms with Gasteiger partial charge in [-0.25, -0.2) is 4.79 Å². The van der Waals surface area contributed by atoms with Gasteiger partial charge in [-0.2, -0.15) is 0 Å². The van der Waals surface area contributed by atoms with Gasteiger partial charge in [0.25, 0.3) is 5.91 Å². The van der Waals surface area contributed by atoms with Crippen LogP contribution in [0.3, 0.4) is 0 Å². The van der Waals surface area contributed by atoms with Crippen LogP contribution in [0.1, 0.15) is 72.6 Å². The van der Waals surface area contributed by atoms with Crippen molar-refractivity contribution in [1.82, 2.24) is 14.7 Å². The van der Waals surface area contributed by atoms with Crippen molar-refractivity contribution in [2.45, 2.75) is 78.2 Å². The number of likely N-dealkylation sites (tertiary alicyclic amines) is 1. The van der Waals surface area contributed by atoms with Crippen LogP contribution in [0.25, 0.3) is 0 Å². The number of rotatable bonds is 8. The number of ketones is 1. The van der Waals surface area contributed by atoms with Gasteiger partial charge in [0.2, 0.25) is 5.91 Å². The Kier molecular flexibility index (Phi) is 8.85. The predicted octanol–water partition coefficient (Wildman–Crippen LogP) is 2.68. The highest BCUT2D eigenvalue weighted by molar-refractivity contribution is 6.06. The molecule has 3 aliphatic rings. The van der Waals surface area contributed by atoms with Gasteiger partial charge in [-0.3, -0.25) is 19.3 Å². The van der Waals surface area contributed by atoms with E-state index in [2.05, 4.69) is 0 Å². The summed E-state index contributed by atoms with van der Waals surface area (Å²) in [5, 5.41) is 9.69. The third-order valence-corrected chi connectivity index (χ3v) is 7.61. The lowest BCUT2D eigenvalue weighted by Crippen LogP contribution is -2.49. The number of hydrogen-bond acceptors (Lipinski definition) is 5. The highest BCUT2D eigenvalue weighted by atomic mass is 16.3. The van der Waals surface area contributed by atoms with E-state index in [1.807, 2.05) is 4.90 Å². The normalized spacial score (nSPS) is 23.3. The molecule has 8 heteroatoms. The Balaban J connectivity index is 0.00000363.